The summed E-state index contributed by atoms with van der Waals surface area (Å²) in [6.07, 6.45) is 0. The number of nitrogens with zero attached hydrogens (tertiary/aromatic N) is 1. The van der Waals surface area contributed by atoms with E-state index in [1.807, 2.05) is 13.8 Å². The fourth-order valence-corrected chi connectivity index (χ4v) is 2.24. The summed E-state index contributed by atoms with van der Waals surface area (Å²) >= 11 is 0. The molecule has 2 rings (SSSR count). The van der Waals surface area contributed by atoms with Gasteiger partial charge in [0.1, 0.15) is 11.9 Å². The van der Waals surface area contributed by atoms with Crippen LogP contribution >= 0.6 is 0 Å². The third-order valence-corrected chi connectivity index (χ3v) is 3.02. The lowest BCUT2D eigenvalue weighted by molar-refractivity contribution is -0.126. The number of aliphatic hydroxyl groups is 1. The highest BCUT2D eigenvalue weighted by atomic mass is 19.1. The van der Waals surface area contributed by atoms with Crippen LogP contribution < -0.4 is 10.2 Å². The lowest BCUT2D eigenvalue weighted by Gasteiger charge is -2.44. The third kappa shape index (κ3) is 2.46. The number of benzene rings is 1. The molecule has 2 N–H and O–H groups in total. The van der Waals surface area contributed by atoms with E-state index in [4.69, 9.17) is 0 Å². The normalized spacial score (nSPS) is 22.8. The molecule has 98 valence electrons. The Morgan fingerprint density at radius 3 is 2.89 bits per heavy atom. The topological polar surface area (TPSA) is 52.6 Å². The molecule has 1 aliphatic rings. The zero-order valence-corrected chi connectivity index (χ0v) is 10.5. The molecule has 0 aromatic heterocycles. The molecule has 1 aromatic rings. The van der Waals surface area contributed by atoms with Gasteiger partial charge in [0, 0.05) is 12.2 Å². The van der Waals surface area contributed by atoms with E-state index in [9.17, 15) is 14.3 Å². The van der Waals surface area contributed by atoms with E-state index in [-0.39, 0.29) is 18.3 Å². The van der Waals surface area contributed by atoms with Crippen LogP contribution in [0.15, 0.2) is 24.3 Å². The Hall–Kier alpha value is -1.62. The first kappa shape index (κ1) is 12.8. The highest BCUT2D eigenvalue weighted by Crippen LogP contribution is 2.24. The molecule has 1 saturated heterocycles. The van der Waals surface area contributed by atoms with Crippen molar-refractivity contribution in [2.45, 2.75) is 25.4 Å². The maximum Gasteiger partial charge on any atom is 0.245 e. The Morgan fingerprint density at radius 1 is 1.56 bits per heavy atom. The van der Waals surface area contributed by atoms with Crippen LogP contribution in [0.25, 0.3) is 0 Å². The third-order valence-electron chi connectivity index (χ3n) is 3.02. The van der Waals surface area contributed by atoms with E-state index in [1.165, 1.54) is 12.1 Å². The maximum atomic E-state index is 13.3. The Kier molecular flexibility index (Phi) is 3.26. The molecule has 0 saturated carbocycles. The zero-order valence-electron chi connectivity index (χ0n) is 10.5. The van der Waals surface area contributed by atoms with Gasteiger partial charge in [-0.15, -0.1) is 0 Å². The van der Waals surface area contributed by atoms with Crippen molar-refractivity contribution >= 4 is 11.6 Å². The molecule has 1 amide bonds. The van der Waals surface area contributed by atoms with Gasteiger partial charge in [-0.3, -0.25) is 4.79 Å². The van der Waals surface area contributed by atoms with Crippen molar-refractivity contribution in [2.24, 2.45) is 0 Å². The molecular weight excluding hydrogens is 235 g/mol. The van der Waals surface area contributed by atoms with Crippen molar-refractivity contribution in [1.82, 2.24) is 5.32 Å². The molecule has 1 fully saturated rings. The van der Waals surface area contributed by atoms with Crippen molar-refractivity contribution in [3.63, 3.8) is 0 Å². The number of nitrogens with one attached hydrogen (secondary N) is 1. The monoisotopic (exact) mass is 252 g/mol. The lowest BCUT2D eigenvalue weighted by atomic mass is 9.97. The summed E-state index contributed by atoms with van der Waals surface area (Å²) in [5.41, 5.74) is 0.201. The molecule has 1 unspecified atom stereocenters. The van der Waals surface area contributed by atoms with Crippen molar-refractivity contribution in [2.75, 3.05) is 18.1 Å². The summed E-state index contributed by atoms with van der Waals surface area (Å²) in [4.78, 5) is 13.6. The van der Waals surface area contributed by atoms with Gasteiger partial charge < -0.3 is 15.3 Å². The van der Waals surface area contributed by atoms with E-state index < -0.39 is 11.6 Å². The largest absolute Gasteiger partial charge is 0.394 e. The van der Waals surface area contributed by atoms with Crippen molar-refractivity contribution < 1.29 is 14.3 Å². The number of amides is 1. The molecular formula is C13H17FN2O2. The standard InChI is InChI=1S/C13H17FN2O2/c1-13(2)8-16(11(7-17)12(18)15-13)10-5-3-4-9(14)6-10/h3-6,11,17H,7-8H2,1-2H3,(H,15,18). The Bertz CT molecular complexity index is 462. The van der Waals surface area contributed by atoms with Crippen molar-refractivity contribution in [3.8, 4) is 0 Å². The fourth-order valence-electron chi connectivity index (χ4n) is 2.24. The maximum absolute atomic E-state index is 13.3. The number of rotatable bonds is 2. The Balaban J connectivity index is 2.36. The number of aliphatic hydroxyl groups excluding tert-OH is 1. The number of carbonyl (C=O) groups is 1. The van der Waals surface area contributed by atoms with Gasteiger partial charge in [-0.2, -0.15) is 0 Å². The second kappa shape index (κ2) is 4.57. The smallest absolute Gasteiger partial charge is 0.245 e. The van der Waals surface area contributed by atoms with Crippen LogP contribution in [0.4, 0.5) is 10.1 Å². The van der Waals surface area contributed by atoms with Gasteiger partial charge in [-0.1, -0.05) is 6.07 Å². The molecule has 5 heteroatoms. The molecule has 0 bridgehead atoms. The molecule has 18 heavy (non-hydrogen) atoms. The minimum atomic E-state index is -0.667. The molecule has 1 heterocycles. The average Bonchev–Trinajstić information content (AvgIpc) is 2.27. The second-order valence-electron chi connectivity index (χ2n) is 5.18. The summed E-state index contributed by atoms with van der Waals surface area (Å²) in [6, 6.07) is 5.39. The number of hydrogen-bond donors (Lipinski definition) is 2. The molecule has 0 spiro atoms. The van der Waals surface area contributed by atoms with E-state index in [0.29, 0.717) is 12.2 Å². The average molecular weight is 252 g/mol. The van der Waals surface area contributed by atoms with Gasteiger partial charge in [0.15, 0.2) is 0 Å². The quantitative estimate of drug-likeness (QED) is 0.822. The minimum absolute atomic E-state index is 0.238. The molecule has 1 aromatic carbocycles. The van der Waals surface area contributed by atoms with Crippen molar-refractivity contribution in [3.05, 3.63) is 30.1 Å². The summed E-state index contributed by atoms with van der Waals surface area (Å²) in [6.45, 7) is 4.02. The van der Waals surface area contributed by atoms with Gasteiger partial charge in [-0.25, -0.2) is 4.39 Å². The molecule has 0 aliphatic carbocycles. The first-order chi connectivity index (χ1) is 8.43. The van der Waals surface area contributed by atoms with Crippen LogP contribution in [0.5, 0.6) is 0 Å². The van der Waals surface area contributed by atoms with Gasteiger partial charge in [0.2, 0.25) is 5.91 Å². The highest BCUT2D eigenvalue weighted by Gasteiger charge is 2.38. The van der Waals surface area contributed by atoms with Crippen LogP contribution in [-0.2, 0) is 4.79 Å². The second-order valence-corrected chi connectivity index (χ2v) is 5.18. The van der Waals surface area contributed by atoms with Gasteiger partial charge in [-0.05, 0) is 32.0 Å². The highest BCUT2D eigenvalue weighted by molar-refractivity contribution is 5.87. The molecule has 4 nitrogen and oxygen atoms in total. The molecule has 1 aliphatic heterocycles. The first-order valence-corrected chi connectivity index (χ1v) is 5.88. The summed E-state index contributed by atoms with van der Waals surface area (Å²) in [5, 5.41) is 12.2. The Morgan fingerprint density at radius 2 is 2.28 bits per heavy atom. The predicted molar refractivity (Wildman–Crippen MR) is 66.8 cm³/mol. The van der Waals surface area contributed by atoms with Crippen LogP contribution in [0.2, 0.25) is 0 Å². The van der Waals surface area contributed by atoms with Crippen LogP contribution in [0, 0.1) is 5.82 Å². The predicted octanol–water partition coefficient (Wildman–Crippen LogP) is 0.901. The summed E-state index contributed by atoms with van der Waals surface area (Å²) < 4.78 is 13.3. The Labute approximate surface area is 105 Å². The van der Waals surface area contributed by atoms with Crippen LogP contribution in [0.3, 0.4) is 0 Å². The number of piperazine rings is 1. The van der Waals surface area contributed by atoms with E-state index in [1.54, 1.807) is 17.0 Å². The van der Waals surface area contributed by atoms with Gasteiger partial charge in [0.25, 0.3) is 0 Å². The minimum Gasteiger partial charge on any atom is -0.394 e. The van der Waals surface area contributed by atoms with Gasteiger partial charge >= 0.3 is 0 Å². The van der Waals surface area contributed by atoms with Crippen LogP contribution in [-0.4, -0.2) is 35.7 Å². The number of anilines is 1. The number of halogens is 1. The van der Waals surface area contributed by atoms with Gasteiger partial charge in [0.05, 0.1) is 12.1 Å². The van der Waals surface area contributed by atoms with E-state index in [0.717, 1.165) is 0 Å². The van der Waals surface area contributed by atoms with E-state index in [2.05, 4.69) is 5.32 Å². The zero-order chi connectivity index (χ0) is 13.3. The van der Waals surface area contributed by atoms with Crippen LogP contribution in [0.1, 0.15) is 13.8 Å². The number of carbonyl (C=O) groups excluding carboxylic acids is 1. The lowest BCUT2D eigenvalue weighted by Crippen LogP contribution is -2.66. The summed E-state index contributed by atoms with van der Waals surface area (Å²) in [7, 11) is 0. The SMILES string of the molecule is CC1(C)CN(c2cccc(F)c2)C(CO)C(=O)N1. The summed E-state index contributed by atoms with van der Waals surface area (Å²) in [5.74, 6) is -0.592. The number of hydrogen-bond acceptors (Lipinski definition) is 3. The fraction of sp³-hybridized carbons (Fsp3) is 0.462. The van der Waals surface area contributed by atoms with E-state index >= 15 is 0 Å². The van der Waals surface area contributed by atoms with Crippen molar-refractivity contribution in [1.29, 1.82) is 0 Å². The first-order valence-electron chi connectivity index (χ1n) is 5.88. The molecule has 1 atom stereocenters. The molecule has 0 radical (unpaired) electrons.